The van der Waals surface area contributed by atoms with E-state index >= 15 is 0 Å². The molecule has 0 aromatic rings. The Morgan fingerprint density at radius 1 is 1.69 bits per heavy atom. The zero-order valence-electron chi connectivity index (χ0n) is 8.24. The zero-order chi connectivity index (χ0) is 10.0. The van der Waals surface area contributed by atoms with Crippen LogP contribution in [0.5, 0.6) is 0 Å². The fourth-order valence-electron chi connectivity index (χ4n) is 1.31. The number of rotatable bonds is 2. The molecular formula is C9H15NO3. The van der Waals surface area contributed by atoms with Crippen LogP contribution in [0.3, 0.4) is 0 Å². The molecule has 13 heavy (non-hydrogen) atoms. The molecule has 1 aliphatic rings. The minimum absolute atomic E-state index is 0.00408. The lowest BCUT2D eigenvalue weighted by atomic mass is 9.88. The highest BCUT2D eigenvalue weighted by Crippen LogP contribution is 2.25. The van der Waals surface area contributed by atoms with E-state index in [0.717, 1.165) is 4.90 Å². The number of hydrogen-bond acceptors (Lipinski definition) is 3. The topological polar surface area (TPSA) is 46.6 Å². The van der Waals surface area contributed by atoms with Gasteiger partial charge in [-0.25, -0.2) is 9.69 Å². The van der Waals surface area contributed by atoms with Crippen LogP contribution < -0.4 is 0 Å². The molecule has 1 rings (SSSR count). The van der Waals surface area contributed by atoms with Crippen LogP contribution in [0.15, 0.2) is 0 Å². The number of likely N-dealkylation sites (tertiary alicyclic amines) is 1. The van der Waals surface area contributed by atoms with Gasteiger partial charge in [-0.1, -0.05) is 13.8 Å². The van der Waals surface area contributed by atoms with Gasteiger partial charge in [0.1, 0.15) is 0 Å². The summed E-state index contributed by atoms with van der Waals surface area (Å²) in [6.07, 6.45) is -0.510. The molecule has 0 spiro atoms. The molecule has 1 atom stereocenters. The molecule has 74 valence electrons. The molecule has 2 amide bonds. The molecule has 1 fully saturated rings. The van der Waals surface area contributed by atoms with Crippen LogP contribution in [0.1, 0.15) is 20.8 Å². The summed E-state index contributed by atoms with van der Waals surface area (Å²) in [6, 6.07) is 0. The van der Waals surface area contributed by atoms with Gasteiger partial charge in [0.05, 0.1) is 12.5 Å². The quantitative estimate of drug-likeness (QED) is 0.608. The van der Waals surface area contributed by atoms with Crippen molar-refractivity contribution in [3.05, 3.63) is 0 Å². The second kappa shape index (κ2) is 3.77. The van der Waals surface area contributed by atoms with E-state index in [1.54, 1.807) is 6.92 Å². The van der Waals surface area contributed by atoms with Gasteiger partial charge in [0, 0.05) is 6.54 Å². The van der Waals surface area contributed by atoms with E-state index in [1.807, 2.05) is 13.8 Å². The summed E-state index contributed by atoms with van der Waals surface area (Å²) in [4.78, 5) is 23.6. The SMILES string of the molecule is CCOC(=O)N1C[C@H](C(C)C)C1=O. The normalized spacial score (nSPS) is 21.7. The molecule has 0 radical (unpaired) electrons. The molecule has 0 bridgehead atoms. The third-order valence-corrected chi connectivity index (χ3v) is 2.26. The molecule has 1 heterocycles. The van der Waals surface area contributed by atoms with Crippen molar-refractivity contribution in [1.82, 2.24) is 4.90 Å². The number of nitrogens with zero attached hydrogens (tertiary/aromatic N) is 1. The fraction of sp³-hybridized carbons (Fsp3) is 0.778. The highest BCUT2D eigenvalue weighted by atomic mass is 16.6. The molecule has 0 aromatic carbocycles. The standard InChI is InChI=1S/C9H15NO3/c1-4-13-9(12)10-5-7(6(2)3)8(10)11/h6-7H,4-5H2,1-3H3/t7-/m1/s1. The van der Waals surface area contributed by atoms with Gasteiger partial charge >= 0.3 is 6.09 Å². The minimum Gasteiger partial charge on any atom is -0.449 e. The third-order valence-electron chi connectivity index (χ3n) is 2.26. The van der Waals surface area contributed by atoms with Crippen molar-refractivity contribution < 1.29 is 14.3 Å². The summed E-state index contributed by atoms with van der Waals surface area (Å²) < 4.78 is 4.71. The van der Waals surface area contributed by atoms with Gasteiger partial charge in [-0.2, -0.15) is 0 Å². The Kier molecular flexibility index (Phi) is 2.90. The summed E-state index contributed by atoms with van der Waals surface area (Å²) in [6.45, 7) is 6.50. The Hall–Kier alpha value is -1.06. The van der Waals surface area contributed by atoms with Crippen molar-refractivity contribution in [2.24, 2.45) is 11.8 Å². The summed E-state index contributed by atoms with van der Waals surface area (Å²) in [5.74, 6) is 0.205. The van der Waals surface area contributed by atoms with Gasteiger partial charge in [-0.15, -0.1) is 0 Å². The number of carbonyl (C=O) groups is 2. The van der Waals surface area contributed by atoms with Gasteiger partial charge in [-0.3, -0.25) is 4.79 Å². The second-order valence-electron chi connectivity index (χ2n) is 3.50. The lowest BCUT2D eigenvalue weighted by Gasteiger charge is -2.37. The first-order valence-electron chi connectivity index (χ1n) is 4.56. The van der Waals surface area contributed by atoms with Crippen LogP contribution in [0, 0.1) is 11.8 Å². The number of amides is 2. The molecular weight excluding hydrogens is 170 g/mol. The largest absolute Gasteiger partial charge is 0.449 e. The highest BCUT2D eigenvalue weighted by Gasteiger charge is 2.42. The van der Waals surface area contributed by atoms with E-state index in [0.29, 0.717) is 19.1 Å². The van der Waals surface area contributed by atoms with Crippen molar-refractivity contribution in [1.29, 1.82) is 0 Å². The number of imide groups is 1. The predicted molar refractivity (Wildman–Crippen MR) is 47.1 cm³/mol. The summed E-state index contributed by atoms with van der Waals surface area (Å²) in [5, 5.41) is 0. The van der Waals surface area contributed by atoms with Crippen LogP contribution in [0.2, 0.25) is 0 Å². The smallest absolute Gasteiger partial charge is 0.416 e. The van der Waals surface area contributed by atoms with E-state index in [2.05, 4.69) is 0 Å². The Balaban J connectivity index is 2.43. The molecule has 4 nitrogen and oxygen atoms in total. The number of ether oxygens (including phenoxy) is 1. The summed E-state index contributed by atoms with van der Waals surface area (Å²) in [7, 11) is 0. The van der Waals surface area contributed by atoms with Gasteiger partial charge in [0.15, 0.2) is 0 Å². The van der Waals surface area contributed by atoms with Crippen LogP contribution in [-0.4, -0.2) is 30.1 Å². The average Bonchev–Trinajstić information content (AvgIpc) is 2.01. The van der Waals surface area contributed by atoms with E-state index in [4.69, 9.17) is 4.74 Å². The number of hydrogen-bond donors (Lipinski definition) is 0. The van der Waals surface area contributed by atoms with Crippen molar-refractivity contribution >= 4 is 12.0 Å². The van der Waals surface area contributed by atoms with E-state index in [-0.39, 0.29) is 11.8 Å². The molecule has 1 aliphatic heterocycles. The van der Waals surface area contributed by atoms with Crippen molar-refractivity contribution in [3.8, 4) is 0 Å². The monoisotopic (exact) mass is 185 g/mol. The highest BCUT2D eigenvalue weighted by molar-refractivity contribution is 5.98. The average molecular weight is 185 g/mol. The van der Waals surface area contributed by atoms with Crippen molar-refractivity contribution in [2.75, 3.05) is 13.2 Å². The van der Waals surface area contributed by atoms with Gasteiger partial charge in [0.25, 0.3) is 0 Å². The first kappa shape index (κ1) is 10.0. The summed E-state index contributed by atoms with van der Waals surface area (Å²) >= 11 is 0. The zero-order valence-corrected chi connectivity index (χ0v) is 8.24. The lowest BCUT2D eigenvalue weighted by molar-refractivity contribution is -0.147. The first-order chi connectivity index (χ1) is 6.07. The maximum atomic E-state index is 11.3. The Morgan fingerprint density at radius 2 is 2.31 bits per heavy atom. The van der Waals surface area contributed by atoms with Crippen LogP contribution in [-0.2, 0) is 9.53 Å². The molecule has 0 N–H and O–H groups in total. The van der Waals surface area contributed by atoms with E-state index in [9.17, 15) is 9.59 Å². The maximum Gasteiger partial charge on any atom is 0.416 e. The number of carbonyl (C=O) groups excluding carboxylic acids is 2. The number of β-lactam (4-membered cyclic amide) rings is 1. The van der Waals surface area contributed by atoms with E-state index in [1.165, 1.54) is 0 Å². The Bertz CT molecular complexity index is 225. The van der Waals surface area contributed by atoms with Crippen molar-refractivity contribution in [3.63, 3.8) is 0 Å². The predicted octanol–water partition coefficient (Wildman–Crippen LogP) is 1.26. The molecule has 0 unspecified atom stereocenters. The maximum absolute atomic E-state index is 11.3. The first-order valence-corrected chi connectivity index (χ1v) is 4.56. The molecule has 0 aliphatic carbocycles. The van der Waals surface area contributed by atoms with Crippen molar-refractivity contribution in [2.45, 2.75) is 20.8 Å². The van der Waals surface area contributed by atoms with Crippen LogP contribution in [0.4, 0.5) is 4.79 Å². The second-order valence-corrected chi connectivity index (χ2v) is 3.50. The lowest BCUT2D eigenvalue weighted by Crippen LogP contribution is -2.57. The van der Waals surface area contributed by atoms with E-state index < -0.39 is 6.09 Å². The minimum atomic E-state index is -0.510. The van der Waals surface area contributed by atoms with Crippen LogP contribution in [0.25, 0.3) is 0 Å². The van der Waals surface area contributed by atoms with Gasteiger partial charge in [-0.05, 0) is 12.8 Å². The molecule has 0 saturated carbocycles. The van der Waals surface area contributed by atoms with Gasteiger partial charge < -0.3 is 4.74 Å². The molecule has 1 saturated heterocycles. The van der Waals surface area contributed by atoms with Crippen LogP contribution >= 0.6 is 0 Å². The third kappa shape index (κ3) is 1.82. The summed E-state index contributed by atoms with van der Waals surface area (Å²) in [5.41, 5.74) is 0. The Morgan fingerprint density at radius 3 is 2.69 bits per heavy atom. The molecule has 0 aromatic heterocycles. The fourth-order valence-corrected chi connectivity index (χ4v) is 1.31. The Labute approximate surface area is 77.8 Å². The molecule has 4 heteroatoms. The van der Waals surface area contributed by atoms with Gasteiger partial charge in [0.2, 0.25) is 5.91 Å².